The maximum absolute atomic E-state index is 5.72. The second kappa shape index (κ2) is 8.59. The second-order valence-corrected chi connectivity index (χ2v) is 6.33. The number of thiocarbonyl (C=S) groups is 1. The Hall–Kier alpha value is -0.660. The quantitative estimate of drug-likeness (QED) is 0.430. The molecule has 0 bridgehead atoms. The monoisotopic (exact) mass is 421 g/mol. The molecule has 0 radical (unpaired) electrons. The molecule has 0 unspecified atom stereocenters. The molecular formula is C13H17Br2N3OS. The van der Waals surface area contributed by atoms with Crippen LogP contribution in [-0.4, -0.2) is 24.0 Å². The molecule has 0 amide bonds. The van der Waals surface area contributed by atoms with Crippen molar-refractivity contribution in [2.24, 2.45) is 5.10 Å². The molecule has 0 aromatic heterocycles. The van der Waals surface area contributed by atoms with Crippen molar-refractivity contribution in [3.63, 3.8) is 0 Å². The predicted molar refractivity (Wildman–Crippen MR) is 94.6 cm³/mol. The lowest BCUT2D eigenvalue weighted by atomic mass is 10.2. The van der Waals surface area contributed by atoms with Crippen LogP contribution in [0.3, 0.4) is 0 Å². The highest BCUT2D eigenvalue weighted by atomic mass is 79.9. The van der Waals surface area contributed by atoms with Crippen molar-refractivity contribution in [2.75, 3.05) is 6.54 Å². The molecule has 0 spiro atoms. The Labute approximate surface area is 141 Å². The third-order valence-electron chi connectivity index (χ3n) is 2.09. The van der Waals surface area contributed by atoms with Gasteiger partial charge in [0.15, 0.2) is 5.11 Å². The van der Waals surface area contributed by atoms with Gasteiger partial charge in [-0.25, -0.2) is 0 Å². The van der Waals surface area contributed by atoms with Gasteiger partial charge < -0.3 is 10.1 Å². The topological polar surface area (TPSA) is 45.7 Å². The van der Waals surface area contributed by atoms with Crippen molar-refractivity contribution < 1.29 is 4.74 Å². The van der Waals surface area contributed by atoms with E-state index in [9.17, 15) is 0 Å². The number of benzene rings is 1. The summed E-state index contributed by atoms with van der Waals surface area (Å²) in [4.78, 5) is 0. The van der Waals surface area contributed by atoms with E-state index in [1.165, 1.54) is 0 Å². The number of hydrogen-bond donors (Lipinski definition) is 2. The zero-order chi connectivity index (χ0) is 15.1. The van der Waals surface area contributed by atoms with Crippen molar-refractivity contribution in [3.05, 3.63) is 26.6 Å². The molecule has 1 aromatic rings. The van der Waals surface area contributed by atoms with Gasteiger partial charge in [-0.2, -0.15) is 5.10 Å². The average Bonchev–Trinajstić information content (AvgIpc) is 2.34. The van der Waals surface area contributed by atoms with Crippen LogP contribution in [0.2, 0.25) is 0 Å². The fourth-order valence-electron chi connectivity index (χ4n) is 1.37. The average molecular weight is 423 g/mol. The Balaban J connectivity index is 2.78. The minimum absolute atomic E-state index is 0.112. The van der Waals surface area contributed by atoms with Crippen molar-refractivity contribution in [1.82, 2.24) is 10.7 Å². The van der Waals surface area contributed by atoms with Gasteiger partial charge in [-0.05, 0) is 82.5 Å². The maximum Gasteiger partial charge on any atom is 0.186 e. The Bertz CT molecular complexity index is 483. The van der Waals surface area contributed by atoms with Gasteiger partial charge >= 0.3 is 0 Å². The Kier molecular flexibility index (Phi) is 7.47. The Morgan fingerprint density at radius 1 is 1.40 bits per heavy atom. The highest BCUT2D eigenvalue weighted by Crippen LogP contribution is 2.35. The van der Waals surface area contributed by atoms with Gasteiger partial charge in [0.05, 0.1) is 21.3 Å². The van der Waals surface area contributed by atoms with E-state index in [0.717, 1.165) is 26.8 Å². The highest BCUT2D eigenvalue weighted by molar-refractivity contribution is 9.11. The summed E-state index contributed by atoms with van der Waals surface area (Å²) in [5.41, 5.74) is 3.67. The first kappa shape index (κ1) is 17.4. The summed E-state index contributed by atoms with van der Waals surface area (Å²) in [5.74, 6) is 0.785. The van der Waals surface area contributed by atoms with Gasteiger partial charge in [-0.3, -0.25) is 5.43 Å². The smallest absolute Gasteiger partial charge is 0.186 e. The first-order valence-electron chi connectivity index (χ1n) is 6.16. The van der Waals surface area contributed by atoms with Crippen LogP contribution in [0.4, 0.5) is 0 Å². The summed E-state index contributed by atoms with van der Waals surface area (Å²) in [7, 11) is 0. The minimum Gasteiger partial charge on any atom is -0.489 e. The van der Waals surface area contributed by atoms with Crippen LogP contribution < -0.4 is 15.5 Å². The van der Waals surface area contributed by atoms with E-state index in [2.05, 4.69) is 47.7 Å². The van der Waals surface area contributed by atoms with E-state index in [1.54, 1.807) is 6.21 Å². The van der Waals surface area contributed by atoms with E-state index < -0.39 is 0 Å². The molecule has 1 rings (SSSR count). The van der Waals surface area contributed by atoms with Gasteiger partial charge in [0.2, 0.25) is 0 Å². The third kappa shape index (κ3) is 5.76. The predicted octanol–water partition coefficient (Wildman–Crippen LogP) is 3.82. The molecule has 7 heteroatoms. The summed E-state index contributed by atoms with van der Waals surface area (Å²) in [6.45, 7) is 6.71. The Morgan fingerprint density at radius 2 is 2.00 bits per heavy atom. The molecule has 20 heavy (non-hydrogen) atoms. The number of nitrogens with one attached hydrogen (secondary N) is 2. The third-order valence-corrected chi connectivity index (χ3v) is 3.50. The van der Waals surface area contributed by atoms with Crippen LogP contribution in [0.15, 0.2) is 26.2 Å². The normalized spacial score (nSPS) is 10.9. The second-order valence-electron chi connectivity index (χ2n) is 4.21. The Morgan fingerprint density at radius 3 is 2.50 bits per heavy atom. The fraction of sp³-hybridized carbons (Fsp3) is 0.385. The summed E-state index contributed by atoms with van der Waals surface area (Å²) < 4.78 is 7.46. The zero-order valence-electron chi connectivity index (χ0n) is 11.5. The van der Waals surface area contributed by atoms with E-state index in [1.807, 2.05) is 32.9 Å². The molecule has 2 N–H and O–H groups in total. The minimum atomic E-state index is 0.112. The molecule has 0 heterocycles. The molecule has 0 aliphatic heterocycles. The lowest BCUT2D eigenvalue weighted by molar-refractivity contribution is 0.239. The largest absolute Gasteiger partial charge is 0.489 e. The van der Waals surface area contributed by atoms with Crippen LogP contribution in [0, 0.1) is 0 Å². The van der Waals surface area contributed by atoms with Crippen molar-refractivity contribution in [3.8, 4) is 5.75 Å². The van der Waals surface area contributed by atoms with Crippen LogP contribution in [0.25, 0.3) is 0 Å². The summed E-state index contributed by atoms with van der Waals surface area (Å²) >= 11 is 12.0. The molecule has 0 aliphatic carbocycles. The molecule has 1 aromatic carbocycles. The van der Waals surface area contributed by atoms with E-state index in [4.69, 9.17) is 17.0 Å². The SMILES string of the molecule is CCNC(=S)N/N=C/c1cc(Br)c(OC(C)C)c(Br)c1. The number of nitrogens with zero attached hydrogens (tertiary/aromatic N) is 1. The summed E-state index contributed by atoms with van der Waals surface area (Å²) in [6, 6.07) is 3.87. The van der Waals surface area contributed by atoms with E-state index >= 15 is 0 Å². The van der Waals surface area contributed by atoms with Gasteiger partial charge in [0.1, 0.15) is 5.75 Å². The first-order valence-corrected chi connectivity index (χ1v) is 8.16. The number of ether oxygens (including phenoxy) is 1. The molecule has 0 fully saturated rings. The van der Waals surface area contributed by atoms with E-state index in [-0.39, 0.29) is 6.10 Å². The van der Waals surface area contributed by atoms with Crippen LogP contribution in [0.1, 0.15) is 26.3 Å². The van der Waals surface area contributed by atoms with Crippen LogP contribution >= 0.6 is 44.1 Å². The molecule has 0 aliphatic rings. The van der Waals surface area contributed by atoms with Gasteiger partial charge in [0.25, 0.3) is 0 Å². The maximum atomic E-state index is 5.72. The first-order chi connectivity index (χ1) is 9.43. The molecular weight excluding hydrogens is 406 g/mol. The lowest BCUT2D eigenvalue weighted by Gasteiger charge is -2.13. The van der Waals surface area contributed by atoms with Crippen LogP contribution in [0.5, 0.6) is 5.75 Å². The summed E-state index contributed by atoms with van der Waals surface area (Å²) in [5, 5.41) is 7.53. The van der Waals surface area contributed by atoms with Gasteiger partial charge in [0, 0.05) is 6.54 Å². The number of rotatable bonds is 5. The van der Waals surface area contributed by atoms with Crippen molar-refractivity contribution in [1.29, 1.82) is 0 Å². The van der Waals surface area contributed by atoms with Crippen molar-refractivity contribution >= 4 is 55.4 Å². The molecule has 110 valence electrons. The number of hydrazone groups is 1. The van der Waals surface area contributed by atoms with E-state index in [0.29, 0.717) is 5.11 Å². The highest BCUT2D eigenvalue weighted by Gasteiger charge is 2.09. The molecule has 0 saturated carbocycles. The lowest BCUT2D eigenvalue weighted by Crippen LogP contribution is -2.31. The standard InChI is InChI=1S/C13H17Br2N3OS/c1-4-16-13(20)18-17-7-9-5-10(14)12(11(15)6-9)19-8(2)3/h5-8H,4H2,1-3H3,(H2,16,18,20)/b17-7+. The molecule has 0 saturated heterocycles. The number of halogens is 2. The fourth-order valence-corrected chi connectivity index (χ4v) is 2.97. The number of hydrogen-bond acceptors (Lipinski definition) is 3. The molecule has 4 nitrogen and oxygen atoms in total. The van der Waals surface area contributed by atoms with Gasteiger partial charge in [-0.15, -0.1) is 0 Å². The van der Waals surface area contributed by atoms with Crippen molar-refractivity contribution in [2.45, 2.75) is 26.9 Å². The van der Waals surface area contributed by atoms with Crippen LogP contribution in [-0.2, 0) is 0 Å². The van der Waals surface area contributed by atoms with Gasteiger partial charge in [-0.1, -0.05) is 0 Å². The summed E-state index contributed by atoms with van der Waals surface area (Å²) in [6.07, 6.45) is 1.81. The molecule has 0 atom stereocenters. The zero-order valence-corrected chi connectivity index (χ0v) is 15.5.